The number of halogens is 1. The molecule has 0 radical (unpaired) electrons. The fourth-order valence-electron chi connectivity index (χ4n) is 1.59. The predicted octanol–water partition coefficient (Wildman–Crippen LogP) is 1.74. The number of nitrogens with zero attached hydrogens (tertiary/aromatic N) is 2. The molecule has 7 heteroatoms. The normalized spacial score (nSPS) is 11.1. The molecule has 0 fully saturated rings. The van der Waals surface area contributed by atoms with Gasteiger partial charge in [0, 0.05) is 29.7 Å². The fraction of sp³-hybridized carbons (Fsp3) is 0.154. The van der Waals surface area contributed by atoms with Gasteiger partial charge in [-0.2, -0.15) is 10.4 Å². The van der Waals surface area contributed by atoms with Crippen LogP contribution < -0.4 is 10.6 Å². The second-order valence-electron chi connectivity index (χ2n) is 3.93. The van der Waals surface area contributed by atoms with Gasteiger partial charge in [-0.1, -0.05) is 0 Å². The Labute approximate surface area is 120 Å². The number of anilines is 1. The summed E-state index contributed by atoms with van der Waals surface area (Å²) in [5.74, 6) is -0.155. The highest BCUT2D eigenvalue weighted by molar-refractivity contribution is 6.18. The summed E-state index contributed by atoms with van der Waals surface area (Å²) in [4.78, 5) is 11.6. The molecule has 0 atom stereocenters. The van der Waals surface area contributed by atoms with Crippen LogP contribution in [-0.4, -0.2) is 28.5 Å². The van der Waals surface area contributed by atoms with Crippen LogP contribution in [0, 0.1) is 11.3 Å². The van der Waals surface area contributed by atoms with Gasteiger partial charge in [0.25, 0.3) is 5.91 Å². The third-order valence-electron chi connectivity index (χ3n) is 2.57. The number of benzene rings is 1. The maximum atomic E-state index is 11.6. The van der Waals surface area contributed by atoms with E-state index in [2.05, 4.69) is 20.8 Å². The molecule has 2 aromatic rings. The van der Waals surface area contributed by atoms with Crippen molar-refractivity contribution in [3.8, 4) is 6.07 Å². The zero-order valence-corrected chi connectivity index (χ0v) is 11.2. The molecule has 102 valence electrons. The van der Waals surface area contributed by atoms with E-state index in [0.717, 1.165) is 16.6 Å². The zero-order valence-electron chi connectivity index (χ0n) is 10.5. The number of hydrogen-bond donors (Lipinski definition) is 3. The first-order valence-electron chi connectivity index (χ1n) is 5.88. The lowest BCUT2D eigenvalue weighted by molar-refractivity contribution is -0.117. The van der Waals surface area contributed by atoms with Gasteiger partial charge in [-0.3, -0.25) is 9.89 Å². The van der Waals surface area contributed by atoms with Crippen LogP contribution in [0.25, 0.3) is 10.9 Å². The van der Waals surface area contributed by atoms with Crippen LogP contribution >= 0.6 is 11.6 Å². The van der Waals surface area contributed by atoms with Crippen molar-refractivity contribution in [3.05, 3.63) is 36.2 Å². The van der Waals surface area contributed by atoms with Crippen LogP contribution in [-0.2, 0) is 4.79 Å². The number of amides is 1. The molecule has 1 aromatic carbocycles. The number of carbonyl (C=O) groups is 1. The van der Waals surface area contributed by atoms with Crippen LogP contribution in [0.15, 0.2) is 36.2 Å². The molecule has 0 saturated heterocycles. The van der Waals surface area contributed by atoms with Gasteiger partial charge >= 0.3 is 0 Å². The molecule has 0 unspecified atom stereocenters. The lowest BCUT2D eigenvalue weighted by atomic mass is 10.2. The van der Waals surface area contributed by atoms with Gasteiger partial charge in [0.05, 0.1) is 11.7 Å². The van der Waals surface area contributed by atoms with Crippen molar-refractivity contribution in [2.45, 2.75) is 0 Å². The fourth-order valence-corrected chi connectivity index (χ4v) is 1.68. The Morgan fingerprint density at radius 1 is 1.55 bits per heavy atom. The summed E-state index contributed by atoms with van der Waals surface area (Å²) in [6.45, 7) is 0.319. The highest BCUT2D eigenvalue weighted by Gasteiger charge is 2.07. The number of alkyl halides is 1. The minimum atomic E-state index is -0.455. The van der Waals surface area contributed by atoms with Crippen LogP contribution in [0.4, 0.5) is 5.69 Å². The van der Waals surface area contributed by atoms with Crippen LogP contribution in [0.2, 0.25) is 0 Å². The third kappa shape index (κ3) is 3.28. The van der Waals surface area contributed by atoms with Crippen molar-refractivity contribution in [1.82, 2.24) is 15.5 Å². The summed E-state index contributed by atoms with van der Waals surface area (Å²) in [6, 6.07) is 7.39. The summed E-state index contributed by atoms with van der Waals surface area (Å²) < 4.78 is 0. The first kappa shape index (κ1) is 13.9. The van der Waals surface area contributed by atoms with Gasteiger partial charge in [0.15, 0.2) is 0 Å². The minimum absolute atomic E-state index is 0.0141. The first-order chi connectivity index (χ1) is 9.74. The highest BCUT2D eigenvalue weighted by Crippen LogP contribution is 2.16. The van der Waals surface area contributed by atoms with E-state index in [4.69, 9.17) is 16.9 Å². The predicted molar refractivity (Wildman–Crippen MR) is 77.1 cm³/mol. The Balaban J connectivity index is 2.09. The first-order valence-corrected chi connectivity index (χ1v) is 6.42. The number of fused-ring (bicyclic) bond motifs is 1. The molecule has 2 rings (SSSR count). The number of aromatic nitrogens is 2. The van der Waals surface area contributed by atoms with Crippen LogP contribution in [0.5, 0.6) is 0 Å². The Hall–Kier alpha value is -2.52. The summed E-state index contributed by atoms with van der Waals surface area (Å²) in [5, 5.41) is 22.1. The molecule has 6 nitrogen and oxygen atoms in total. The van der Waals surface area contributed by atoms with Gasteiger partial charge < -0.3 is 10.6 Å². The van der Waals surface area contributed by atoms with Crippen LogP contribution in [0.3, 0.4) is 0 Å². The lowest BCUT2D eigenvalue weighted by Gasteiger charge is -2.03. The summed E-state index contributed by atoms with van der Waals surface area (Å²) >= 11 is 5.47. The molecular weight excluding hydrogens is 278 g/mol. The van der Waals surface area contributed by atoms with E-state index in [1.807, 2.05) is 24.3 Å². The Bertz CT molecular complexity index is 685. The molecule has 0 aliphatic carbocycles. The lowest BCUT2D eigenvalue weighted by Crippen LogP contribution is -2.26. The maximum Gasteiger partial charge on any atom is 0.263 e. The largest absolute Gasteiger partial charge is 0.360 e. The second-order valence-corrected chi connectivity index (χ2v) is 4.31. The standard InChI is InChI=1S/C13H12ClN5O/c14-3-4-16-13(20)10(6-15)7-17-11-2-1-9-8-18-19-12(9)5-11/h1-2,5,7-8,17H,3-4H2,(H,16,20)(H,18,19)/b10-7-. The van der Waals surface area contributed by atoms with Crippen LogP contribution in [0.1, 0.15) is 0 Å². The zero-order chi connectivity index (χ0) is 14.4. The number of hydrogen-bond acceptors (Lipinski definition) is 4. The number of aromatic amines is 1. The van der Waals surface area contributed by atoms with E-state index in [-0.39, 0.29) is 5.57 Å². The molecule has 0 spiro atoms. The third-order valence-corrected chi connectivity index (χ3v) is 2.76. The van der Waals surface area contributed by atoms with E-state index in [1.165, 1.54) is 6.20 Å². The molecular formula is C13H12ClN5O. The Morgan fingerprint density at radius 3 is 3.15 bits per heavy atom. The Kier molecular flexibility index (Phi) is 4.58. The average molecular weight is 290 g/mol. The van der Waals surface area contributed by atoms with Gasteiger partial charge in [0.2, 0.25) is 0 Å². The van der Waals surface area contributed by atoms with E-state index in [1.54, 1.807) is 6.20 Å². The second kappa shape index (κ2) is 6.59. The van der Waals surface area contributed by atoms with E-state index in [9.17, 15) is 4.79 Å². The smallest absolute Gasteiger partial charge is 0.263 e. The van der Waals surface area contributed by atoms with Gasteiger partial charge in [-0.05, 0) is 18.2 Å². The topological polar surface area (TPSA) is 93.6 Å². The molecule has 0 aliphatic rings. The van der Waals surface area contributed by atoms with E-state index < -0.39 is 5.91 Å². The minimum Gasteiger partial charge on any atom is -0.360 e. The monoisotopic (exact) mass is 289 g/mol. The SMILES string of the molecule is N#C/C(=C/Nc1ccc2cn[nH]c2c1)C(=O)NCCCl. The summed E-state index contributed by atoms with van der Waals surface area (Å²) in [7, 11) is 0. The molecule has 3 N–H and O–H groups in total. The Morgan fingerprint density at radius 2 is 2.40 bits per heavy atom. The number of nitrogens with one attached hydrogen (secondary N) is 3. The maximum absolute atomic E-state index is 11.6. The summed E-state index contributed by atoms with van der Waals surface area (Å²) in [5.41, 5.74) is 1.60. The van der Waals surface area contributed by atoms with Crippen molar-refractivity contribution < 1.29 is 4.79 Å². The van der Waals surface area contributed by atoms with Crippen molar-refractivity contribution in [3.63, 3.8) is 0 Å². The molecule has 0 aliphatic heterocycles. The quantitative estimate of drug-likeness (QED) is 0.444. The highest BCUT2D eigenvalue weighted by atomic mass is 35.5. The molecule has 1 amide bonds. The number of rotatable bonds is 5. The van der Waals surface area contributed by atoms with Crippen molar-refractivity contribution in [2.75, 3.05) is 17.7 Å². The van der Waals surface area contributed by atoms with E-state index >= 15 is 0 Å². The summed E-state index contributed by atoms with van der Waals surface area (Å²) in [6.07, 6.45) is 3.08. The van der Waals surface area contributed by atoms with Gasteiger partial charge in [-0.15, -0.1) is 11.6 Å². The molecule has 0 bridgehead atoms. The number of nitriles is 1. The molecule has 0 saturated carbocycles. The number of carbonyl (C=O) groups excluding carboxylic acids is 1. The average Bonchev–Trinajstić information content (AvgIpc) is 2.93. The molecule has 20 heavy (non-hydrogen) atoms. The van der Waals surface area contributed by atoms with Gasteiger partial charge in [0.1, 0.15) is 11.6 Å². The number of H-pyrrole nitrogens is 1. The van der Waals surface area contributed by atoms with E-state index in [0.29, 0.717) is 12.4 Å². The van der Waals surface area contributed by atoms with Gasteiger partial charge in [-0.25, -0.2) is 0 Å². The molecule has 1 heterocycles. The molecule has 1 aromatic heterocycles. The van der Waals surface area contributed by atoms with Crippen molar-refractivity contribution >= 4 is 34.1 Å². The van der Waals surface area contributed by atoms with Crippen molar-refractivity contribution in [2.24, 2.45) is 0 Å². The van der Waals surface area contributed by atoms with Crippen molar-refractivity contribution in [1.29, 1.82) is 5.26 Å².